The summed E-state index contributed by atoms with van der Waals surface area (Å²) in [6, 6.07) is 0. The van der Waals surface area contributed by atoms with E-state index in [0.717, 1.165) is 19.3 Å². The molecule has 0 aliphatic carbocycles. The van der Waals surface area contributed by atoms with Crippen molar-refractivity contribution >= 4 is 0 Å². The number of hydrogen-bond acceptors (Lipinski definition) is 3. The Morgan fingerprint density at radius 2 is 1.26 bits per heavy atom. The van der Waals surface area contributed by atoms with E-state index < -0.39 is 5.79 Å². The second kappa shape index (κ2) is 15.2. The van der Waals surface area contributed by atoms with E-state index in [-0.39, 0.29) is 5.60 Å². The van der Waals surface area contributed by atoms with Gasteiger partial charge < -0.3 is 14.2 Å². The van der Waals surface area contributed by atoms with Crippen LogP contribution in [0.3, 0.4) is 0 Å². The van der Waals surface area contributed by atoms with Gasteiger partial charge in [-0.2, -0.15) is 0 Å². The maximum absolute atomic E-state index is 5.90. The average Bonchev–Trinajstić information content (AvgIpc) is 2.56. The van der Waals surface area contributed by atoms with Gasteiger partial charge in [-0.15, -0.1) is 6.58 Å². The monoisotopic (exact) mass is 330 g/mol. The van der Waals surface area contributed by atoms with Gasteiger partial charge in [0.2, 0.25) is 0 Å². The molecule has 0 amide bonds. The van der Waals surface area contributed by atoms with Crippen molar-refractivity contribution < 1.29 is 14.2 Å². The van der Waals surface area contributed by atoms with E-state index in [1.807, 2.05) is 13.8 Å². The topological polar surface area (TPSA) is 27.7 Å². The third-order valence-electron chi connectivity index (χ3n) is 4.59. The van der Waals surface area contributed by atoms with Gasteiger partial charge in [-0.05, 0) is 26.7 Å². The molecule has 0 fully saturated rings. The molecule has 1 unspecified atom stereocenters. The van der Waals surface area contributed by atoms with Crippen LogP contribution in [0.2, 0.25) is 0 Å². The lowest BCUT2D eigenvalue weighted by Crippen LogP contribution is -2.56. The van der Waals surface area contributed by atoms with Gasteiger partial charge in [-0.3, -0.25) is 0 Å². The molecule has 0 rings (SSSR count). The zero-order valence-electron chi connectivity index (χ0n) is 16.9. The van der Waals surface area contributed by atoms with Crippen molar-refractivity contribution in [1.82, 2.24) is 0 Å². The fourth-order valence-corrected chi connectivity index (χ4v) is 3.02. The molecule has 0 aliphatic heterocycles. The van der Waals surface area contributed by atoms with Crippen molar-refractivity contribution in [2.75, 3.05) is 21.3 Å². The van der Waals surface area contributed by atoms with E-state index in [2.05, 4.69) is 20.4 Å². The summed E-state index contributed by atoms with van der Waals surface area (Å²) < 4.78 is 17.2. The Balaban J connectivity index is 0. The smallest absolute Gasteiger partial charge is 0.194 e. The number of unbranched alkanes of at least 4 members (excludes halogenated alkanes) is 5. The Morgan fingerprint density at radius 1 is 0.783 bits per heavy atom. The largest absolute Gasteiger partial charge is 0.373 e. The summed E-state index contributed by atoms with van der Waals surface area (Å²) >= 11 is 0. The van der Waals surface area contributed by atoms with Gasteiger partial charge in [0.25, 0.3) is 0 Å². The highest BCUT2D eigenvalue weighted by atomic mass is 16.7. The lowest BCUT2D eigenvalue weighted by molar-refractivity contribution is -0.303. The molecule has 0 aliphatic rings. The normalized spacial score (nSPS) is 13.9. The number of methoxy groups -OCH3 is 3. The van der Waals surface area contributed by atoms with Crippen LogP contribution in [-0.2, 0) is 14.2 Å². The van der Waals surface area contributed by atoms with Crippen LogP contribution in [0.4, 0.5) is 0 Å². The highest BCUT2D eigenvalue weighted by Crippen LogP contribution is 2.38. The van der Waals surface area contributed by atoms with Gasteiger partial charge in [0, 0.05) is 21.3 Å². The summed E-state index contributed by atoms with van der Waals surface area (Å²) in [5, 5.41) is 0. The van der Waals surface area contributed by atoms with Crippen LogP contribution in [0.15, 0.2) is 12.7 Å². The standard InChI is InChI=1S/C17H36O3.C3H6/c1-7-9-10-11-12-13-15-17(20-6,14-8-2)16(3,18-4)19-5;1-3-2/h7-15H2,1-6H3;3H,1H2,2H3. The maximum Gasteiger partial charge on any atom is 0.194 e. The van der Waals surface area contributed by atoms with Gasteiger partial charge in [0.15, 0.2) is 5.79 Å². The van der Waals surface area contributed by atoms with Crippen molar-refractivity contribution in [3.05, 3.63) is 12.7 Å². The van der Waals surface area contributed by atoms with Crippen LogP contribution in [0, 0.1) is 0 Å². The highest BCUT2D eigenvalue weighted by Gasteiger charge is 2.48. The van der Waals surface area contributed by atoms with E-state index in [4.69, 9.17) is 14.2 Å². The van der Waals surface area contributed by atoms with Crippen molar-refractivity contribution in [3.8, 4) is 0 Å². The van der Waals surface area contributed by atoms with Crippen LogP contribution in [0.25, 0.3) is 0 Å². The molecule has 0 N–H and O–H groups in total. The molecule has 0 bridgehead atoms. The Hall–Kier alpha value is -0.380. The third-order valence-corrected chi connectivity index (χ3v) is 4.59. The number of ether oxygens (including phenoxy) is 3. The molecule has 3 heteroatoms. The SMILES string of the molecule is C=CC.CCCCCCCCC(CCC)(OC)C(C)(OC)OC. The zero-order valence-corrected chi connectivity index (χ0v) is 16.9. The number of hydrogen-bond donors (Lipinski definition) is 0. The molecule has 0 spiro atoms. The number of rotatable bonds is 13. The summed E-state index contributed by atoms with van der Waals surface area (Å²) in [7, 11) is 5.19. The molecule has 0 aromatic heterocycles. The maximum atomic E-state index is 5.90. The summed E-state index contributed by atoms with van der Waals surface area (Å²) in [5.74, 6) is -0.679. The zero-order chi connectivity index (χ0) is 18.2. The molecule has 0 saturated carbocycles. The molecule has 0 radical (unpaired) electrons. The molecule has 3 nitrogen and oxygen atoms in total. The molecule has 0 aromatic carbocycles. The summed E-state index contributed by atoms with van der Waals surface area (Å²) in [6.45, 7) is 11.7. The molecule has 0 saturated heterocycles. The van der Waals surface area contributed by atoms with E-state index in [1.165, 1.54) is 38.5 Å². The quantitative estimate of drug-likeness (QED) is 0.231. The second-order valence-electron chi connectivity index (χ2n) is 6.23. The highest BCUT2D eigenvalue weighted by molar-refractivity contribution is 4.93. The Kier molecular flexibility index (Phi) is 16.4. The third kappa shape index (κ3) is 8.88. The lowest BCUT2D eigenvalue weighted by Gasteiger charge is -2.45. The first kappa shape index (κ1) is 24.9. The predicted octanol–water partition coefficient (Wildman–Crippen LogP) is 6.12. The van der Waals surface area contributed by atoms with E-state index in [0.29, 0.717) is 0 Å². The van der Waals surface area contributed by atoms with Crippen LogP contribution in [-0.4, -0.2) is 32.7 Å². The average molecular weight is 331 g/mol. The molecule has 0 heterocycles. The van der Waals surface area contributed by atoms with Gasteiger partial charge in [0.05, 0.1) is 0 Å². The molecule has 1 atom stereocenters. The Morgan fingerprint density at radius 3 is 1.65 bits per heavy atom. The fourth-order valence-electron chi connectivity index (χ4n) is 3.02. The van der Waals surface area contributed by atoms with Gasteiger partial charge >= 0.3 is 0 Å². The first-order chi connectivity index (χ1) is 11.0. The minimum Gasteiger partial charge on any atom is -0.373 e. The van der Waals surface area contributed by atoms with Crippen molar-refractivity contribution in [3.63, 3.8) is 0 Å². The van der Waals surface area contributed by atoms with Gasteiger partial charge in [-0.1, -0.05) is 64.9 Å². The first-order valence-corrected chi connectivity index (χ1v) is 9.19. The van der Waals surface area contributed by atoms with Gasteiger partial charge in [-0.25, -0.2) is 0 Å². The van der Waals surface area contributed by atoms with Crippen molar-refractivity contribution in [1.29, 1.82) is 0 Å². The van der Waals surface area contributed by atoms with Crippen LogP contribution < -0.4 is 0 Å². The summed E-state index contributed by atoms with van der Waals surface area (Å²) in [5.41, 5.74) is -0.351. The molecule has 23 heavy (non-hydrogen) atoms. The van der Waals surface area contributed by atoms with E-state index >= 15 is 0 Å². The second-order valence-corrected chi connectivity index (χ2v) is 6.23. The molecular weight excluding hydrogens is 288 g/mol. The van der Waals surface area contributed by atoms with E-state index in [9.17, 15) is 0 Å². The Bertz CT molecular complexity index is 262. The predicted molar refractivity (Wildman–Crippen MR) is 101 cm³/mol. The molecule has 140 valence electrons. The minimum absolute atomic E-state index is 0.351. The fraction of sp³-hybridized carbons (Fsp3) is 0.900. The van der Waals surface area contributed by atoms with E-state index in [1.54, 1.807) is 27.4 Å². The van der Waals surface area contributed by atoms with Gasteiger partial charge in [0.1, 0.15) is 5.60 Å². The van der Waals surface area contributed by atoms with Crippen LogP contribution in [0.1, 0.15) is 85.5 Å². The van der Waals surface area contributed by atoms with Crippen LogP contribution >= 0.6 is 0 Å². The molecular formula is C20H42O3. The first-order valence-electron chi connectivity index (χ1n) is 9.19. The lowest BCUT2D eigenvalue weighted by atomic mass is 9.83. The van der Waals surface area contributed by atoms with Crippen molar-refractivity contribution in [2.24, 2.45) is 0 Å². The van der Waals surface area contributed by atoms with Crippen LogP contribution in [0.5, 0.6) is 0 Å². The summed E-state index contributed by atoms with van der Waals surface area (Å²) in [6.07, 6.45) is 12.5. The molecule has 0 aromatic rings. The van der Waals surface area contributed by atoms with Crippen molar-refractivity contribution in [2.45, 2.75) is 96.9 Å². The Labute approximate surface area is 145 Å². The minimum atomic E-state index is -0.679. The number of allylic oxidation sites excluding steroid dienone is 1. The summed E-state index contributed by atoms with van der Waals surface area (Å²) in [4.78, 5) is 0.